The van der Waals surface area contributed by atoms with Crippen LogP contribution in [0, 0.1) is 23.0 Å². The molecule has 162 valence electrons. The number of amides is 2. The third-order valence-corrected chi connectivity index (χ3v) is 6.12. The van der Waals surface area contributed by atoms with Crippen LogP contribution in [0.4, 0.5) is 22.7 Å². The Bertz CT molecular complexity index is 1040. The van der Waals surface area contributed by atoms with Crippen LogP contribution in [0.2, 0.25) is 0 Å². The lowest BCUT2D eigenvalue weighted by atomic mass is 10.1. The normalized spacial score (nSPS) is 21.7. The van der Waals surface area contributed by atoms with Gasteiger partial charge in [0, 0.05) is 49.8 Å². The number of nitro groups is 1. The standard InChI is InChI=1S/C23H26N4O4/c1-15-4-6-18(7-5-15)25-11-10-24(14-17(25)3)20-9-8-19(13-21(20)27(30)31)26-22(28)12-16(2)23(26)29/h4-9,13,16-17H,10-12,14H2,1-3H3/t16-,17+/m1/s1. The summed E-state index contributed by atoms with van der Waals surface area (Å²) in [5.74, 6) is -1.03. The molecule has 2 heterocycles. The maximum Gasteiger partial charge on any atom is 0.294 e. The van der Waals surface area contributed by atoms with Gasteiger partial charge in [0.25, 0.3) is 5.69 Å². The van der Waals surface area contributed by atoms with Crippen LogP contribution >= 0.6 is 0 Å². The van der Waals surface area contributed by atoms with Gasteiger partial charge in [-0.2, -0.15) is 0 Å². The van der Waals surface area contributed by atoms with E-state index >= 15 is 0 Å². The summed E-state index contributed by atoms with van der Waals surface area (Å²) in [6.07, 6.45) is 0.132. The van der Waals surface area contributed by atoms with Crippen molar-refractivity contribution in [3.8, 4) is 0 Å². The summed E-state index contributed by atoms with van der Waals surface area (Å²) in [5, 5.41) is 11.8. The molecule has 2 amide bonds. The van der Waals surface area contributed by atoms with Crippen LogP contribution in [-0.2, 0) is 9.59 Å². The van der Waals surface area contributed by atoms with E-state index in [-0.39, 0.29) is 35.7 Å². The van der Waals surface area contributed by atoms with E-state index in [0.717, 1.165) is 17.1 Å². The van der Waals surface area contributed by atoms with Crippen LogP contribution in [0.25, 0.3) is 0 Å². The summed E-state index contributed by atoms with van der Waals surface area (Å²) in [6.45, 7) is 7.86. The molecule has 8 nitrogen and oxygen atoms in total. The molecule has 2 fully saturated rings. The number of nitrogens with zero attached hydrogens (tertiary/aromatic N) is 4. The number of benzene rings is 2. The third kappa shape index (κ3) is 3.85. The van der Waals surface area contributed by atoms with Crippen molar-refractivity contribution < 1.29 is 14.5 Å². The van der Waals surface area contributed by atoms with Gasteiger partial charge in [0.05, 0.1) is 10.6 Å². The molecule has 4 rings (SSSR count). The molecule has 0 bridgehead atoms. The number of carbonyl (C=O) groups excluding carboxylic acids is 2. The molecule has 8 heteroatoms. The summed E-state index contributed by atoms with van der Waals surface area (Å²) in [4.78, 5) is 41.3. The SMILES string of the molecule is Cc1ccc(N2CCN(c3ccc(N4C(=O)C[C@@H](C)C4=O)cc3[N+](=O)[O-])C[C@@H]2C)cc1. The molecular formula is C23H26N4O4. The summed E-state index contributed by atoms with van der Waals surface area (Å²) < 4.78 is 0. The number of hydrogen-bond acceptors (Lipinski definition) is 6. The van der Waals surface area contributed by atoms with Gasteiger partial charge in [-0.3, -0.25) is 24.6 Å². The number of hydrogen-bond donors (Lipinski definition) is 0. The molecule has 31 heavy (non-hydrogen) atoms. The minimum absolute atomic E-state index is 0.0892. The maximum absolute atomic E-state index is 12.3. The molecule has 0 saturated carbocycles. The lowest BCUT2D eigenvalue weighted by Gasteiger charge is -2.42. The topological polar surface area (TPSA) is 87.0 Å². The molecule has 0 aromatic heterocycles. The highest BCUT2D eigenvalue weighted by Crippen LogP contribution is 2.36. The van der Waals surface area contributed by atoms with Crippen LogP contribution in [0.15, 0.2) is 42.5 Å². The van der Waals surface area contributed by atoms with Gasteiger partial charge in [0.15, 0.2) is 0 Å². The quantitative estimate of drug-likeness (QED) is 0.426. The van der Waals surface area contributed by atoms with Gasteiger partial charge in [0.2, 0.25) is 11.8 Å². The largest absolute Gasteiger partial charge is 0.365 e. The Morgan fingerprint density at radius 3 is 2.26 bits per heavy atom. The predicted octanol–water partition coefficient (Wildman–Crippen LogP) is 3.52. The van der Waals surface area contributed by atoms with Gasteiger partial charge in [0.1, 0.15) is 5.69 Å². The van der Waals surface area contributed by atoms with Crippen molar-refractivity contribution in [1.29, 1.82) is 0 Å². The van der Waals surface area contributed by atoms with E-state index in [2.05, 4.69) is 43.0 Å². The van der Waals surface area contributed by atoms with E-state index in [1.54, 1.807) is 19.1 Å². The first kappa shape index (κ1) is 20.8. The number of rotatable bonds is 4. The summed E-state index contributed by atoms with van der Waals surface area (Å²) >= 11 is 0. The van der Waals surface area contributed by atoms with E-state index in [9.17, 15) is 19.7 Å². The monoisotopic (exact) mass is 422 g/mol. The highest BCUT2D eigenvalue weighted by molar-refractivity contribution is 6.21. The zero-order valence-corrected chi connectivity index (χ0v) is 17.9. The van der Waals surface area contributed by atoms with Crippen molar-refractivity contribution in [1.82, 2.24) is 0 Å². The lowest BCUT2D eigenvalue weighted by Crippen LogP contribution is -2.52. The summed E-state index contributed by atoms with van der Waals surface area (Å²) in [6, 6.07) is 13.2. The molecule has 0 radical (unpaired) electrons. The second kappa shape index (κ2) is 8.02. The average molecular weight is 422 g/mol. The third-order valence-electron chi connectivity index (χ3n) is 6.12. The fraction of sp³-hybridized carbons (Fsp3) is 0.391. The van der Waals surface area contributed by atoms with Gasteiger partial charge in [-0.25, -0.2) is 0 Å². The molecule has 0 spiro atoms. The van der Waals surface area contributed by atoms with E-state index in [0.29, 0.717) is 18.8 Å². The van der Waals surface area contributed by atoms with Gasteiger partial charge in [-0.05, 0) is 38.1 Å². The minimum Gasteiger partial charge on any atom is -0.365 e. The van der Waals surface area contributed by atoms with Crippen LogP contribution < -0.4 is 14.7 Å². The number of nitro benzene ring substituents is 1. The molecule has 2 saturated heterocycles. The van der Waals surface area contributed by atoms with Gasteiger partial charge < -0.3 is 9.80 Å². The van der Waals surface area contributed by atoms with Crippen molar-refractivity contribution in [2.75, 3.05) is 34.3 Å². The minimum atomic E-state index is -0.440. The zero-order valence-electron chi connectivity index (χ0n) is 17.9. The molecule has 0 aliphatic carbocycles. The van der Waals surface area contributed by atoms with Crippen LogP contribution in [0.3, 0.4) is 0 Å². The number of anilines is 3. The smallest absolute Gasteiger partial charge is 0.294 e. The second-order valence-corrected chi connectivity index (χ2v) is 8.43. The van der Waals surface area contributed by atoms with Gasteiger partial charge >= 0.3 is 0 Å². The molecule has 2 atom stereocenters. The zero-order chi connectivity index (χ0) is 22.3. The van der Waals surface area contributed by atoms with Crippen LogP contribution in [0.1, 0.15) is 25.8 Å². The van der Waals surface area contributed by atoms with Crippen molar-refractivity contribution in [2.45, 2.75) is 33.2 Å². The second-order valence-electron chi connectivity index (χ2n) is 8.43. The number of carbonyl (C=O) groups is 2. The summed E-state index contributed by atoms with van der Waals surface area (Å²) in [5.41, 5.74) is 3.03. The molecule has 2 aliphatic rings. The molecule has 0 unspecified atom stereocenters. The average Bonchev–Trinajstić information content (AvgIpc) is 2.99. The Hall–Kier alpha value is -3.42. The van der Waals surface area contributed by atoms with Crippen LogP contribution in [-0.4, -0.2) is 42.4 Å². The fourth-order valence-corrected chi connectivity index (χ4v) is 4.42. The first-order chi connectivity index (χ1) is 14.8. The number of imide groups is 1. The van der Waals surface area contributed by atoms with Crippen molar-refractivity contribution in [2.24, 2.45) is 5.92 Å². The Balaban J connectivity index is 1.58. The molecule has 0 N–H and O–H groups in total. The van der Waals surface area contributed by atoms with Gasteiger partial charge in [-0.15, -0.1) is 0 Å². The predicted molar refractivity (Wildman–Crippen MR) is 120 cm³/mol. The van der Waals surface area contributed by atoms with Crippen LogP contribution in [0.5, 0.6) is 0 Å². The van der Waals surface area contributed by atoms with Gasteiger partial charge in [-0.1, -0.05) is 24.6 Å². The Morgan fingerprint density at radius 2 is 1.68 bits per heavy atom. The summed E-state index contributed by atoms with van der Waals surface area (Å²) in [7, 11) is 0. The highest BCUT2D eigenvalue weighted by atomic mass is 16.6. The first-order valence-corrected chi connectivity index (χ1v) is 10.5. The Kier molecular flexibility index (Phi) is 5.39. The van der Waals surface area contributed by atoms with Crippen molar-refractivity contribution in [3.05, 3.63) is 58.1 Å². The first-order valence-electron chi connectivity index (χ1n) is 10.5. The van der Waals surface area contributed by atoms with Crippen molar-refractivity contribution >= 4 is 34.6 Å². The number of aryl methyl sites for hydroxylation is 1. The number of piperazine rings is 1. The highest BCUT2D eigenvalue weighted by Gasteiger charge is 2.38. The molecular weight excluding hydrogens is 396 g/mol. The van der Waals surface area contributed by atoms with E-state index in [4.69, 9.17) is 0 Å². The molecule has 2 aromatic carbocycles. The molecule has 2 aromatic rings. The van der Waals surface area contributed by atoms with E-state index in [1.807, 2.05) is 4.90 Å². The van der Waals surface area contributed by atoms with Crippen molar-refractivity contribution in [3.63, 3.8) is 0 Å². The Labute approximate surface area is 181 Å². The van der Waals surface area contributed by atoms with E-state index in [1.165, 1.54) is 11.6 Å². The fourth-order valence-electron chi connectivity index (χ4n) is 4.42. The van der Waals surface area contributed by atoms with E-state index < -0.39 is 10.8 Å². The maximum atomic E-state index is 12.3. The lowest BCUT2D eigenvalue weighted by molar-refractivity contribution is -0.384. The molecule has 2 aliphatic heterocycles. The Morgan fingerprint density at radius 1 is 1.00 bits per heavy atom.